The van der Waals surface area contributed by atoms with E-state index in [2.05, 4.69) is 5.32 Å². The van der Waals surface area contributed by atoms with Crippen molar-refractivity contribution in [1.82, 2.24) is 4.47 Å². The number of carbonyl (C=O) groups excluding carboxylic acids is 1. The highest BCUT2D eigenvalue weighted by Gasteiger charge is 2.21. The summed E-state index contributed by atoms with van der Waals surface area (Å²) in [4.78, 5) is 17.4. The van der Waals surface area contributed by atoms with Crippen LogP contribution in [0.25, 0.3) is 0 Å². The van der Waals surface area contributed by atoms with Gasteiger partial charge in [-0.15, -0.1) is 0 Å². The third kappa shape index (κ3) is 4.98. The quantitative estimate of drug-likeness (QED) is 0.537. The first-order valence-corrected chi connectivity index (χ1v) is 10.6. The summed E-state index contributed by atoms with van der Waals surface area (Å²) >= 11 is 6.07. The van der Waals surface area contributed by atoms with Crippen LogP contribution in [0.5, 0.6) is 11.5 Å². The van der Waals surface area contributed by atoms with Crippen molar-refractivity contribution >= 4 is 33.2 Å². The maximum atomic E-state index is 12.7. The lowest BCUT2D eigenvalue weighted by molar-refractivity contribution is -0.0258. The molecule has 0 heterocycles. The minimum Gasteiger partial charge on any atom is -0.455 e. The monoisotopic (exact) mass is 446 g/mol. The van der Waals surface area contributed by atoms with Gasteiger partial charge in [0.05, 0.1) is 17.7 Å². The number of sulfonamides is 1. The predicted octanol–water partition coefficient (Wildman–Crippen LogP) is 4.57. The number of hydroxylamine groups is 1. The van der Waals surface area contributed by atoms with Crippen molar-refractivity contribution in [3.63, 3.8) is 0 Å². The van der Waals surface area contributed by atoms with Crippen molar-refractivity contribution in [2.45, 2.75) is 4.90 Å². The Labute approximate surface area is 179 Å². The van der Waals surface area contributed by atoms with Crippen LogP contribution in [0.1, 0.15) is 10.4 Å². The van der Waals surface area contributed by atoms with Gasteiger partial charge in [-0.05, 0) is 54.6 Å². The Balaban J connectivity index is 1.82. The van der Waals surface area contributed by atoms with E-state index in [9.17, 15) is 13.2 Å². The smallest absolute Gasteiger partial charge is 0.264 e. The fraction of sp³-hybridized carbons (Fsp3) is 0.0952. The highest BCUT2D eigenvalue weighted by Crippen LogP contribution is 2.32. The minimum atomic E-state index is -3.80. The standard InChI is InChI=1S/C21H19ClN2O5S/c1-24(28-2)30(26,27)18-11-8-15(9-12-18)21(25)23-19-14-16(22)10-13-20(19)29-17-6-4-3-5-7-17/h3-14H,1-2H3,(H,23,25). The number of nitrogens with zero attached hydrogens (tertiary/aromatic N) is 1. The van der Waals surface area contributed by atoms with E-state index in [0.717, 1.165) is 4.47 Å². The molecular formula is C21H19ClN2O5S. The molecule has 0 saturated carbocycles. The molecule has 0 atom stereocenters. The molecule has 1 amide bonds. The fourth-order valence-corrected chi connectivity index (χ4v) is 3.67. The number of halogens is 1. The molecule has 0 bridgehead atoms. The summed E-state index contributed by atoms with van der Waals surface area (Å²) in [6, 6.07) is 19.5. The molecule has 3 aromatic carbocycles. The molecule has 0 aliphatic heterocycles. The first-order valence-electron chi connectivity index (χ1n) is 8.78. The fourth-order valence-electron chi connectivity index (χ4n) is 2.52. The third-order valence-corrected chi connectivity index (χ3v) is 6.10. The normalized spacial score (nSPS) is 11.3. The van der Waals surface area contributed by atoms with Gasteiger partial charge in [-0.25, -0.2) is 8.42 Å². The average Bonchev–Trinajstić information content (AvgIpc) is 2.75. The van der Waals surface area contributed by atoms with Crippen molar-refractivity contribution in [3.8, 4) is 11.5 Å². The molecule has 0 spiro atoms. The van der Waals surface area contributed by atoms with Crippen LogP contribution in [0.2, 0.25) is 5.02 Å². The van der Waals surface area contributed by atoms with Crippen LogP contribution in [0, 0.1) is 0 Å². The van der Waals surface area contributed by atoms with Gasteiger partial charge in [-0.1, -0.05) is 34.3 Å². The summed E-state index contributed by atoms with van der Waals surface area (Å²) in [5, 5.41) is 3.17. The van der Waals surface area contributed by atoms with Gasteiger partial charge in [0.2, 0.25) is 0 Å². The number of para-hydroxylation sites is 1. The van der Waals surface area contributed by atoms with Gasteiger partial charge in [0.1, 0.15) is 5.75 Å². The number of hydrogen-bond acceptors (Lipinski definition) is 5. The molecule has 0 fully saturated rings. The van der Waals surface area contributed by atoms with Gasteiger partial charge in [-0.2, -0.15) is 0 Å². The largest absolute Gasteiger partial charge is 0.455 e. The number of benzene rings is 3. The number of anilines is 1. The van der Waals surface area contributed by atoms with Gasteiger partial charge in [0, 0.05) is 17.6 Å². The third-order valence-electron chi connectivity index (χ3n) is 4.17. The van der Waals surface area contributed by atoms with Crippen LogP contribution in [0.3, 0.4) is 0 Å². The Morgan fingerprint density at radius 3 is 2.30 bits per heavy atom. The van der Waals surface area contributed by atoms with Gasteiger partial charge in [0.15, 0.2) is 5.75 Å². The predicted molar refractivity (Wildman–Crippen MR) is 114 cm³/mol. The molecule has 1 N–H and O–H groups in total. The van der Waals surface area contributed by atoms with Crippen molar-refractivity contribution in [2.24, 2.45) is 0 Å². The van der Waals surface area contributed by atoms with E-state index in [1.165, 1.54) is 38.4 Å². The second-order valence-electron chi connectivity index (χ2n) is 6.13. The second-order valence-corrected chi connectivity index (χ2v) is 8.50. The number of carbonyl (C=O) groups is 1. The van der Waals surface area contributed by atoms with Gasteiger partial charge in [0.25, 0.3) is 15.9 Å². The SMILES string of the molecule is CON(C)S(=O)(=O)c1ccc(C(=O)Nc2cc(Cl)ccc2Oc2ccccc2)cc1. The Bertz CT molecular complexity index is 1140. The summed E-state index contributed by atoms with van der Waals surface area (Å²) in [6.45, 7) is 0. The highest BCUT2D eigenvalue weighted by molar-refractivity contribution is 7.89. The Kier molecular flexibility index (Phi) is 6.73. The van der Waals surface area contributed by atoms with E-state index in [1.807, 2.05) is 18.2 Å². The van der Waals surface area contributed by atoms with E-state index in [0.29, 0.717) is 22.2 Å². The van der Waals surface area contributed by atoms with Crippen LogP contribution in [0.4, 0.5) is 5.69 Å². The number of hydrogen-bond donors (Lipinski definition) is 1. The lowest BCUT2D eigenvalue weighted by Crippen LogP contribution is -2.25. The number of rotatable bonds is 7. The maximum absolute atomic E-state index is 12.7. The number of nitrogens with one attached hydrogen (secondary N) is 1. The highest BCUT2D eigenvalue weighted by atomic mass is 35.5. The minimum absolute atomic E-state index is 0.000689. The molecule has 0 saturated heterocycles. The molecule has 3 aromatic rings. The molecule has 0 aliphatic carbocycles. The Morgan fingerprint density at radius 2 is 1.67 bits per heavy atom. The number of amides is 1. The zero-order valence-corrected chi connectivity index (χ0v) is 17.8. The molecule has 0 aromatic heterocycles. The summed E-state index contributed by atoms with van der Waals surface area (Å²) < 4.78 is 31.1. The molecule has 3 rings (SSSR count). The van der Waals surface area contributed by atoms with Crippen molar-refractivity contribution in [3.05, 3.63) is 83.4 Å². The summed E-state index contributed by atoms with van der Waals surface area (Å²) in [5.41, 5.74) is 0.645. The van der Waals surface area contributed by atoms with Crippen LogP contribution < -0.4 is 10.1 Å². The van der Waals surface area contributed by atoms with Gasteiger partial charge < -0.3 is 10.1 Å². The summed E-state index contributed by atoms with van der Waals surface area (Å²) in [6.07, 6.45) is 0. The second kappa shape index (κ2) is 9.27. The van der Waals surface area contributed by atoms with Crippen molar-refractivity contribution in [2.75, 3.05) is 19.5 Å². The molecule has 0 unspecified atom stereocenters. The topological polar surface area (TPSA) is 84.9 Å². The van der Waals surface area contributed by atoms with E-state index < -0.39 is 15.9 Å². The molecule has 7 nitrogen and oxygen atoms in total. The Morgan fingerprint density at radius 1 is 1.00 bits per heavy atom. The molecule has 30 heavy (non-hydrogen) atoms. The Hall–Kier alpha value is -2.91. The van der Waals surface area contributed by atoms with Crippen LogP contribution >= 0.6 is 11.6 Å². The summed E-state index contributed by atoms with van der Waals surface area (Å²) in [5.74, 6) is 0.575. The lowest BCUT2D eigenvalue weighted by Gasteiger charge is -2.15. The summed E-state index contributed by atoms with van der Waals surface area (Å²) in [7, 11) is -1.26. The molecule has 0 aliphatic rings. The number of ether oxygens (including phenoxy) is 1. The van der Waals surface area contributed by atoms with E-state index >= 15 is 0 Å². The molecular weight excluding hydrogens is 428 g/mol. The molecule has 0 radical (unpaired) electrons. The van der Waals surface area contributed by atoms with Crippen molar-refractivity contribution < 1.29 is 22.8 Å². The zero-order chi connectivity index (χ0) is 21.7. The zero-order valence-electron chi connectivity index (χ0n) is 16.2. The van der Waals surface area contributed by atoms with E-state index in [1.54, 1.807) is 30.3 Å². The molecule has 9 heteroatoms. The van der Waals surface area contributed by atoms with Crippen molar-refractivity contribution in [1.29, 1.82) is 0 Å². The van der Waals surface area contributed by atoms with Crippen LogP contribution in [-0.2, 0) is 14.9 Å². The van der Waals surface area contributed by atoms with E-state index in [4.69, 9.17) is 21.2 Å². The maximum Gasteiger partial charge on any atom is 0.264 e. The molecule has 156 valence electrons. The average molecular weight is 447 g/mol. The van der Waals surface area contributed by atoms with E-state index in [-0.39, 0.29) is 10.5 Å². The first kappa shape index (κ1) is 21.8. The van der Waals surface area contributed by atoms with Crippen LogP contribution in [0.15, 0.2) is 77.7 Å². The first-order chi connectivity index (χ1) is 14.3. The van der Waals surface area contributed by atoms with Gasteiger partial charge in [-0.3, -0.25) is 9.63 Å². The van der Waals surface area contributed by atoms with Crippen LogP contribution in [-0.4, -0.2) is 33.0 Å². The lowest BCUT2D eigenvalue weighted by atomic mass is 10.2. The van der Waals surface area contributed by atoms with Gasteiger partial charge >= 0.3 is 0 Å².